The highest BCUT2D eigenvalue weighted by Gasteiger charge is 2.19. The second-order valence-electron chi connectivity index (χ2n) is 4.24. The fraction of sp³-hybridized carbons (Fsp3) is 0.667. The van der Waals surface area contributed by atoms with E-state index in [1.54, 1.807) is 18.7 Å². The number of ether oxygens (including phenoxy) is 1. The van der Waals surface area contributed by atoms with E-state index in [2.05, 4.69) is 10.4 Å². The smallest absolute Gasteiger partial charge is 0.244 e. The van der Waals surface area contributed by atoms with Crippen molar-refractivity contribution in [3.63, 3.8) is 0 Å². The van der Waals surface area contributed by atoms with Crippen molar-refractivity contribution in [1.29, 1.82) is 0 Å². The first-order chi connectivity index (χ1) is 8.49. The molecule has 0 aromatic carbocycles. The van der Waals surface area contributed by atoms with Gasteiger partial charge in [0.05, 0.1) is 16.4 Å². The molecule has 1 unspecified atom stereocenters. The van der Waals surface area contributed by atoms with Crippen molar-refractivity contribution in [1.82, 2.24) is 15.1 Å². The van der Waals surface area contributed by atoms with Gasteiger partial charge in [0.15, 0.2) is 0 Å². The van der Waals surface area contributed by atoms with E-state index in [-0.39, 0.29) is 11.9 Å². The summed E-state index contributed by atoms with van der Waals surface area (Å²) >= 11 is 6.06. The van der Waals surface area contributed by atoms with Crippen LogP contribution in [0.25, 0.3) is 0 Å². The van der Waals surface area contributed by atoms with Crippen molar-refractivity contribution in [3.05, 3.63) is 16.4 Å². The van der Waals surface area contributed by atoms with E-state index in [1.165, 1.54) is 0 Å². The fourth-order valence-electron chi connectivity index (χ4n) is 1.71. The Balaban J connectivity index is 2.60. The second kappa shape index (κ2) is 6.75. The number of carbonyl (C=O) groups excluding carboxylic acids is 1. The summed E-state index contributed by atoms with van der Waals surface area (Å²) in [7, 11) is 1.64. The summed E-state index contributed by atoms with van der Waals surface area (Å²) in [5.41, 5.74) is 1.56. The molecular weight excluding hydrogens is 254 g/mol. The molecule has 18 heavy (non-hydrogen) atoms. The third-order valence-corrected chi connectivity index (χ3v) is 3.35. The van der Waals surface area contributed by atoms with Crippen LogP contribution >= 0.6 is 11.6 Å². The number of hydrogen-bond donors (Lipinski definition) is 1. The van der Waals surface area contributed by atoms with E-state index in [9.17, 15) is 4.79 Å². The minimum Gasteiger partial charge on any atom is -0.385 e. The third-order valence-electron chi connectivity index (χ3n) is 2.81. The van der Waals surface area contributed by atoms with Crippen LogP contribution in [0.2, 0.25) is 5.02 Å². The molecule has 1 amide bonds. The summed E-state index contributed by atoms with van der Waals surface area (Å²) in [5.74, 6) is -0.0617. The van der Waals surface area contributed by atoms with Gasteiger partial charge in [0.2, 0.25) is 5.91 Å². The Labute approximate surface area is 112 Å². The van der Waals surface area contributed by atoms with Gasteiger partial charge in [-0.05, 0) is 27.2 Å². The van der Waals surface area contributed by atoms with Crippen molar-refractivity contribution in [2.45, 2.75) is 33.2 Å². The summed E-state index contributed by atoms with van der Waals surface area (Å²) < 4.78 is 6.58. The van der Waals surface area contributed by atoms with Crippen LogP contribution in [-0.4, -0.2) is 35.9 Å². The van der Waals surface area contributed by atoms with Crippen LogP contribution < -0.4 is 5.32 Å². The molecule has 0 saturated heterocycles. The van der Waals surface area contributed by atoms with Crippen LogP contribution in [0.5, 0.6) is 0 Å². The number of carbonyl (C=O) groups is 1. The molecule has 0 aliphatic carbocycles. The predicted octanol–water partition coefficient (Wildman–Crippen LogP) is 1.87. The lowest BCUT2D eigenvalue weighted by molar-refractivity contribution is -0.124. The van der Waals surface area contributed by atoms with Crippen LogP contribution in [0.3, 0.4) is 0 Å². The van der Waals surface area contributed by atoms with E-state index >= 15 is 0 Å². The zero-order chi connectivity index (χ0) is 13.7. The summed E-state index contributed by atoms with van der Waals surface area (Å²) in [5, 5.41) is 7.74. The second-order valence-corrected chi connectivity index (χ2v) is 4.62. The van der Waals surface area contributed by atoms with Gasteiger partial charge in [-0.1, -0.05) is 11.6 Å². The molecule has 0 aliphatic rings. The number of hydrogen-bond acceptors (Lipinski definition) is 3. The number of amides is 1. The Morgan fingerprint density at radius 1 is 1.56 bits per heavy atom. The van der Waals surface area contributed by atoms with Crippen molar-refractivity contribution >= 4 is 17.5 Å². The largest absolute Gasteiger partial charge is 0.385 e. The molecule has 6 heteroatoms. The molecule has 1 aromatic heterocycles. The lowest BCUT2D eigenvalue weighted by Gasteiger charge is -2.14. The topological polar surface area (TPSA) is 56.1 Å². The number of halogens is 1. The molecule has 0 aliphatic heterocycles. The first kappa shape index (κ1) is 15.0. The molecule has 1 N–H and O–H groups in total. The molecule has 0 bridgehead atoms. The molecule has 5 nitrogen and oxygen atoms in total. The Morgan fingerprint density at radius 3 is 2.72 bits per heavy atom. The van der Waals surface area contributed by atoms with E-state index in [4.69, 9.17) is 16.3 Å². The molecule has 1 aromatic rings. The molecule has 1 heterocycles. The van der Waals surface area contributed by atoms with Crippen molar-refractivity contribution in [2.24, 2.45) is 0 Å². The predicted molar refractivity (Wildman–Crippen MR) is 70.9 cm³/mol. The SMILES string of the molecule is COCCCNC(=O)C(C)n1nc(C)c(Cl)c1C. The van der Waals surface area contributed by atoms with E-state index in [0.717, 1.165) is 17.8 Å². The van der Waals surface area contributed by atoms with E-state index < -0.39 is 0 Å². The van der Waals surface area contributed by atoms with Gasteiger partial charge in [-0.2, -0.15) is 5.10 Å². The van der Waals surface area contributed by atoms with Gasteiger partial charge >= 0.3 is 0 Å². The Kier molecular flexibility index (Phi) is 5.62. The molecule has 1 rings (SSSR count). The highest BCUT2D eigenvalue weighted by Crippen LogP contribution is 2.22. The summed E-state index contributed by atoms with van der Waals surface area (Å²) in [6, 6.07) is -0.362. The average Bonchev–Trinajstić information content (AvgIpc) is 2.61. The van der Waals surface area contributed by atoms with Crippen LogP contribution in [0.15, 0.2) is 0 Å². The zero-order valence-electron chi connectivity index (χ0n) is 11.3. The molecular formula is C12H20ClN3O2. The lowest BCUT2D eigenvalue weighted by atomic mass is 10.3. The molecule has 0 radical (unpaired) electrons. The van der Waals surface area contributed by atoms with E-state index in [1.807, 2.05) is 13.8 Å². The Hall–Kier alpha value is -1.07. The zero-order valence-corrected chi connectivity index (χ0v) is 12.0. The van der Waals surface area contributed by atoms with Crippen LogP contribution in [0.1, 0.15) is 30.8 Å². The average molecular weight is 274 g/mol. The molecule has 0 fully saturated rings. The summed E-state index contributed by atoms with van der Waals surface area (Å²) in [6.45, 7) is 6.73. The van der Waals surface area contributed by atoms with Crippen molar-refractivity contribution in [3.8, 4) is 0 Å². The molecule has 1 atom stereocenters. The van der Waals surface area contributed by atoms with Gasteiger partial charge in [-0.25, -0.2) is 0 Å². The number of nitrogens with one attached hydrogen (secondary N) is 1. The maximum absolute atomic E-state index is 11.9. The van der Waals surface area contributed by atoms with Crippen molar-refractivity contribution < 1.29 is 9.53 Å². The van der Waals surface area contributed by atoms with Crippen LogP contribution in [-0.2, 0) is 9.53 Å². The highest BCUT2D eigenvalue weighted by atomic mass is 35.5. The van der Waals surface area contributed by atoms with Gasteiger partial charge in [-0.3, -0.25) is 9.48 Å². The summed E-state index contributed by atoms with van der Waals surface area (Å²) in [4.78, 5) is 11.9. The fourth-order valence-corrected chi connectivity index (χ4v) is 1.83. The first-order valence-electron chi connectivity index (χ1n) is 5.97. The molecule has 0 spiro atoms. The van der Waals surface area contributed by atoms with Crippen molar-refractivity contribution in [2.75, 3.05) is 20.3 Å². The number of aryl methyl sites for hydroxylation is 1. The molecule has 102 valence electrons. The highest BCUT2D eigenvalue weighted by molar-refractivity contribution is 6.31. The van der Waals surface area contributed by atoms with Crippen LogP contribution in [0.4, 0.5) is 0 Å². The van der Waals surface area contributed by atoms with Gasteiger partial charge in [-0.15, -0.1) is 0 Å². The number of aromatic nitrogens is 2. The molecule has 0 saturated carbocycles. The van der Waals surface area contributed by atoms with Gasteiger partial charge in [0, 0.05) is 20.3 Å². The quantitative estimate of drug-likeness (QED) is 0.805. The summed E-state index contributed by atoms with van der Waals surface area (Å²) in [6.07, 6.45) is 0.798. The monoisotopic (exact) mass is 273 g/mol. The minimum absolute atomic E-state index is 0.0617. The minimum atomic E-state index is -0.362. The van der Waals surface area contributed by atoms with Gasteiger partial charge < -0.3 is 10.1 Å². The Morgan fingerprint density at radius 2 is 2.22 bits per heavy atom. The number of methoxy groups -OCH3 is 1. The lowest BCUT2D eigenvalue weighted by Crippen LogP contribution is -2.33. The van der Waals surface area contributed by atoms with E-state index in [0.29, 0.717) is 18.2 Å². The number of rotatable bonds is 6. The maximum Gasteiger partial charge on any atom is 0.244 e. The normalized spacial score (nSPS) is 12.5. The maximum atomic E-state index is 11.9. The first-order valence-corrected chi connectivity index (χ1v) is 6.34. The third kappa shape index (κ3) is 3.46. The number of nitrogens with zero attached hydrogens (tertiary/aromatic N) is 2. The van der Waals surface area contributed by atoms with Gasteiger partial charge in [0.25, 0.3) is 0 Å². The van der Waals surface area contributed by atoms with Crippen LogP contribution in [0, 0.1) is 13.8 Å². The standard InChI is InChI=1S/C12H20ClN3O2/c1-8-11(13)9(2)16(15-8)10(3)12(17)14-6-5-7-18-4/h10H,5-7H2,1-4H3,(H,14,17). The van der Waals surface area contributed by atoms with Gasteiger partial charge in [0.1, 0.15) is 6.04 Å². The Bertz CT molecular complexity index is 418.